The third kappa shape index (κ3) is 5.74. The van der Waals surface area contributed by atoms with Crippen molar-refractivity contribution in [1.29, 1.82) is 0 Å². The van der Waals surface area contributed by atoms with Crippen LogP contribution in [-0.2, 0) is 14.3 Å². The zero-order valence-electron chi connectivity index (χ0n) is 21.0. The molecule has 3 aromatic rings. The fraction of sp³-hybridized carbons (Fsp3) is 0.148. The molecule has 2 heterocycles. The lowest BCUT2D eigenvalue weighted by molar-refractivity contribution is -0.127. The number of rotatable bonds is 7. The summed E-state index contributed by atoms with van der Waals surface area (Å²) in [6, 6.07) is 12.5. The van der Waals surface area contributed by atoms with E-state index in [2.05, 4.69) is 10.1 Å². The third-order valence-corrected chi connectivity index (χ3v) is 7.20. The smallest absolute Gasteiger partial charge is 0.339 e. The van der Waals surface area contributed by atoms with Crippen LogP contribution in [0.15, 0.2) is 53.4 Å². The van der Waals surface area contributed by atoms with E-state index in [1.807, 2.05) is 24.5 Å². The van der Waals surface area contributed by atoms with Gasteiger partial charge in [0.2, 0.25) is 5.91 Å². The maximum Gasteiger partial charge on any atom is 0.339 e. The van der Waals surface area contributed by atoms with E-state index in [0.717, 1.165) is 33.7 Å². The van der Waals surface area contributed by atoms with Gasteiger partial charge in [0.15, 0.2) is 0 Å². The van der Waals surface area contributed by atoms with Crippen molar-refractivity contribution < 1.29 is 33.8 Å². The Labute approximate surface area is 232 Å². The van der Waals surface area contributed by atoms with E-state index < -0.39 is 35.5 Å². The molecule has 0 aliphatic carbocycles. The number of carboxylic acids is 1. The molecule has 200 valence electrons. The van der Waals surface area contributed by atoms with Gasteiger partial charge in [-0.3, -0.25) is 19.3 Å². The number of ether oxygens (including phenoxy) is 1. The van der Waals surface area contributed by atoms with Crippen molar-refractivity contribution in [2.75, 3.05) is 19.0 Å². The predicted octanol–water partition coefficient (Wildman–Crippen LogP) is 4.91. The normalized spacial score (nSPS) is 14.2. The van der Waals surface area contributed by atoms with Gasteiger partial charge in [-0.15, -0.1) is 0 Å². The molecule has 0 spiro atoms. The van der Waals surface area contributed by atoms with Crippen LogP contribution in [0.3, 0.4) is 0 Å². The Morgan fingerprint density at radius 1 is 1.08 bits per heavy atom. The maximum absolute atomic E-state index is 13.0. The molecule has 4 rings (SSSR count). The molecule has 10 nitrogen and oxygen atoms in total. The highest BCUT2D eigenvalue weighted by molar-refractivity contribution is 8.18. The standard InChI is InChI=1S/C27H22ClN3O7S/c1-14-10-17(15(2)31(14)19-7-4-16(5-8-19)25(34)35)11-22-24(33)30(27(37)39-22)13-23(32)29-18-6-9-21(28)20(12-18)26(36)38-3/h4-12H,13H2,1-3H3,(H,29,32)(H,34,35)/b22-11+. The molecule has 39 heavy (non-hydrogen) atoms. The average molecular weight is 568 g/mol. The number of nitrogens with one attached hydrogen (secondary N) is 1. The fourth-order valence-electron chi connectivity index (χ4n) is 4.08. The molecule has 0 bridgehead atoms. The van der Waals surface area contributed by atoms with Gasteiger partial charge in [0.25, 0.3) is 11.1 Å². The number of imide groups is 1. The zero-order valence-corrected chi connectivity index (χ0v) is 22.6. The number of thioether (sulfide) groups is 1. The van der Waals surface area contributed by atoms with Crippen LogP contribution in [0.4, 0.5) is 10.5 Å². The van der Waals surface area contributed by atoms with Crippen LogP contribution < -0.4 is 5.32 Å². The molecule has 1 aliphatic rings. The number of halogens is 1. The van der Waals surface area contributed by atoms with E-state index in [0.29, 0.717) is 5.56 Å². The van der Waals surface area contributed by atoms with E-state index in [9.17, 15) is 24.0 Å². The SMILES string of the molecule is COC(=O)c1cc(NC(=O)CN2C(=O)S/C(=C/c3cc(C)n(-c4ccc(C(=O)O)cc4)c3C)C2=O)ccc1Cl. The predicted molar refractivity (Wildman–Crippen MR) is 146 cm³/mol. The molecule has 1 aromatic heterocycles. The van der Waals surface area contributed by atoms with Crippen LogP contribution in [0.2, 0.25) is 5.02 Å². The van der Waals surface area contributed by atoms with Crippen LogP contribution in [0.5, 0.6) is 0 Å². The van der Waals surface area contributed by atoms with E-state index in [1.54, 1.807) is 18.2 Å². The second-order valence-corrected chi connectivity index (χ2v) is 9.92. The number of aromatic nitrogens is 1. The molecule has 1 saturated heterocycles. The van der Waals surface area contributed by atoms with Crippen molar-refractivity contribution in [2.24, 2.45) is 0 Å². The van der Waals surface area contributed by atoms with Gasteiger partial charge in [-0.2, -0.15) is 0 Å². The number of hydrogen-bond acceptors (Lipinski definition) is 7. The summed E-state index contributed by atoms with van der Waals surface area (Å²) >= 11 is 6.72. The summed E-state index contributed by atoms with van der Waals surface area (Å²) in [5.74, 6) is -2.95. The van der Waals surface area contributed by atoms with Gasteiger partial charge < -0.3 is 19.7 Å². The molecule has 0 saturated carbocycles. The molecule has 3 amide bonds. The number of esters is 1. The van der Waals surface area contributed by atoms with Gasteiger partial charge in [0.05, 0.1) is 28.2 Å². The number of methoxy groups -OCH3 is 1. The number of anilines is 1. The van der Waals surface area contributed by atoms with Crippen LogP contribution in [0.1, 0.15) is 37.7 Å². The van der Waals surface area contributed by atoms with E-state index in [4.69, 9.17) is 16.7 Å². The molecular weight excluding hydrogens is 546 g/mol. The highest BCUT2D eigenvalue weighted by Crippen LogP contribution is 2.34. The Kier molecular flexibility index (Phi) is 7.93. The Bertz CT molecular complexity index is 1560. The Hall–Kier alpha value is -4.35. The number of carbonyl (C=O) groups is 5. The highest BCUT2D eigenvalue weighted by Gasteiger charge is 2.36. The molecule has 2 N–H and O–H groups in total. The van der Waals surface area contributed by atoms with Crippen LogP contribution in [-0.4, -0.2) is 57.2 Å². The van der Waals surface area contributed by atoms with E-state index >= 15 is 0 Å². The number of benzene rings is 2. The molecule has 12 heteroatoms. The van der Waals surface area contributed by atoms with E-state index in [-0.39, 0.29) is 26.7 Å². The summed E-state index contributed by atoms with van der Waals surface area (Å²) in [5, 5.41) is 11.2. The van der Waals surface area contributed by atoms with E-state index in [1.165, 1.54) is 37.4 Å². The Morgan fingerprint density at radius 3 is 2.41 bits per heavy atom. The molecule has 2 aromatic carbocycles. The largest absolute Gasteiger partial charge is 0.478 e. The number of aromatic carboxylic acids is 1. The minimum atomic E-state index is -1.02. The first-order valence-corrected chi connectivity index (χ1v) is 12.7. The quantitative estimate of drug-likeness (QED) is 0.304. The summed E-state index contributed by atoms with van der Waals surface area (Å²) in [5.41, 5.74) is 3.54. The number of nitrogens with zero attached hydrogens (tertiary/aromatic N) is 2. The minimum Gasteiger partial charge on any atom is -0.478 e. The number of amides is 3. The topological polar surface area (TPSA) is 135 Å². The average Bonchev–Trinajstić information content (AvgIpc) is 3.33. The fourth-order valence-corrected chi connectivity index (χ4v) is 5.10. The van der Waals surface area contributed by atoms with Gasteiger partial charge in [0, 0.05) is 22.8 Å². The van der Waals surface area contributed by atoms with Gasteiger partial charge in [-0.05, 0) is 85.8 Å². The number of aryl methyl sites for hydroxylation is 1. The maximum atomic E-state index is 13.0. The summed E-state index contributed by atoms with van der Waals surface area (Å²) in [6.07, 6.45) is 1.59. The van der Waals surface area contributed by atoms with Crippen molar-refractivity contribution in [3.8, 4) is 5.69 Å². The minimum absolute atomic E-state index is 0.0569. The second kappa shape index (κ2) is 11.2. The Morgan fingerprint density at radius 2 is 1.77 bits per heavy atom. The van der Waals surface area contributed by atoms with Crippen molar-refractivity contribution >= 4 is 64.1 Å². The van der Waals surface area contributed by atoms with Crippen molar-refractivity contribution in [1.82, 2.24) is 9.47 Å². The number of carbonyl (C=O) groups excluding carboxylic acids is 4. The lowest BCUT2D eigenvalue weighted by Gasteiger charge is -2.13. The van der Waals surface area contributed by atoms with Crippen molar-refractivity contribution in [2.45, 2.75) is 13.8 Å². The third-order valence-electron chi connectivity index (χ3n) is 5.96. The summed E-state index contributed by atoms with van der Waals surface area (Å²) < 4.78 is 6.57. The summed E-state index contributed by atoms with van der Waals surface area (Å²) in [4.78, 5) is 62.2. The van der Waals surface area contributed by atoms with Gasteiger partial charge in [0.1, 0.15) is 6.54 Å². The lowest BCUT2D eigenvalue weighted by atomic mass is 10.2. The zero-order chi connectivity index (χ0) is 28.4. The van der Waals surface area contributed by atoms with Crippen LogP contribution >= 0.6 is 23.4 Å². The summed E-state index contributed by atoms with van der Waals surface area (Å²) in [6.45, 7) is 3.19. The molecule has 0 atom stereocenters. The van der Waals surface area contributed by atoms with Crippen LogP contribution in [0.25, 0.3) is 11.8 Å². The summed E-state index contributed by atoms with van der Waals surface area (Å²) in [7, 11) is 1.20. The monoisotopic (exact) mass is 567 g/mol. The first-order valence-electron chi connectivity index (χ1n) is 11.5. The number of hydrogen-bond donors (Lipinski definition) is 2. The molecule has 0 radical (unpaired) electrons. The lowest BCUT2D eigenvalue weighted by Crippen LogP contribution is -2.36. The highest BCUT2D eigenvalue weighted by atomic mass is 35.5. The van der Waals surface area contributed by atoms with Gasteiger partial charge in [-0.1, -0.05) is 11.6 Å². The second-order valence-electron chi connectivity index (χ2n) is 8.52. The Balaban J connectivity index is 1.50. The van der Waals surface area contributed by atoms with Gasteiger partial charge >= 0.3 is 11.9 Å². The molecule has 1 fully saturated rings. The molecular formula is C27H22ClN3O7S. The molecule has 1 aliphatic heterocycles. The first-order chi connectivity index (χ1) is 18.5. The van der Waals surface area contributed by atoms with Gasteiger partial charge in [-0.25, -0.2) is 9.59 Å². The van der Waals surface area contributed by atoms with Crippen LogP contribution in [0, 0.1) is 13.8 Å². The number of carboxylic acid groups (broad SMARTS) is 1. The van der Waals surface area contributed by atoms with Crippen molar-refractivity contribution in [3.63, 3.8) is 0 Å². The molecule has 0 unspecified atom stereocenters. The van der Waals surface area contributed by atoms with Crippen molar-refractivity contribution in [3.05, 3.63) is 86.5 Å². The first kappa shape index (κ1) is 27.7.